The number of carbonyl (C=O) groups excluding carboxylic acids is 1. The van der Waals surface area contributed by atoms with Gasteiger partial charge in [0, 0.05) is 17.8 Å². The molecule has 0 saturated carbocycles. The molecule has 0 aliphatic heterocycles. The Kier molecular flexibility index (Phi) is 5.89. The fourth-order valence-electron chi connectivity index (χ4n) is 1.46. The van der Waals surface area contributed by atoms with Crippen LogP contribution in [0.2, 0.25) is 0 Å². The third kappa shape index (κ3) is 5.01. The first-order valence-corrected chi connectivity index (χ1v) is 5.94. The van der Waals surface area contributed by atoms with Crippen LogP contribution in [-0.4, -0.2) is 31.3 Å². The van der Waals surface area contributed by atoms with Gasteiger partial charge >= 0.3 is 0 Å². The van der Waals surface area contributed by atoms with Crippen molar-refractivity contribution >= 4 is 11.6 Å². The highest BCUT2D eigenvalue weighted by atomic mass is 16.5. The second-order valence-electron chi connectivity index (χ2n) is 4.15. The lowest BCUT2D eigenvalue weighted by atomic mass is 10.2. The monoisotopic (exact) mass is 265 g/mol. The Morgan fingerprint density at radius 3 is 2.68 bits per heavy atom. The van der Waals surface area contributed by atoms with Crippen LogP contribution in [0, 0.1) is 0 Å². The third-order valence-corrected chi connectivity index (χ3v) is 2.20. The summed E-state index contributed by atoms with van der Waals surface area (Å²) in [5.74, 6) is 0.832. The van der Waals surface area contributed by atoms with Crippen molar-refractivity contribution < 1.29 is 19.4 Å². The molecule has 19 heavy (non-hydrogen) atoms. The van der Waals surface area contributed by atoms with E-state index >= 15 is 0 Å². The molecule has 2 N–H and O–H groups in total. The lowest BCUT2D eigenvalue weighted by Crippen LogP contribution is -2.09. The summed E-state index contributed by atoms with van der Waals surface area (Å²) >= 11 is 0. The molecule has 0 heterocycles. The maximum Gasteiger partial charge on any atom is 0.248 e. The van der Waals surface area contributed by atoms with Crippen LogP contribution in [0.5, 0.6) is 11.5 Å². The van der Waals surface area contributed by atoms with Gasteiger partial charge in [0.2, 0.25) is 5.91 Å². The molecule has 0 aliphatic carbocycles. The summed E-state index contributed by atoms with van der Waals surface area (Å²) in [4.78, 5) is 11.6. The highest BCUT2D eigenvalue weighted by Gasteiger charge is 2.07. The average molecular weight is 265 g/mol. The molecule has 0 aliphatic rings. The number of rotatable bonds is 6. The van der Waals surface area contributed by atoms with E-state index in [2.05, 4.69) is 5.32 Å². The number of ether oxygens (including phenoxy) is 2. The van der Waals surface area contributed by atoms with Crippen molar-refractivity contribution in [1.29, 1.82) is 0 Å². The van der Waals surface area contributed by atoms with Crippen molar-refractivity contribution in [3.63, 3.8) is 0 Å². The van der Waals surface area contributed by atoms with Crippen LogP contribution in [0.15, 0.2) is 29.8 Å². The van der Waals surface area contributed by atoms with E-state index < -0.39 is 0 Å². The highest BCUT2D eigenvalue weighted by molar-refractivity contribution is 5.99. The number of anilines is 1. The second-order valence-corrected chi connectivity index (χ2v) is 4.15. The van der Waals surface area contributed by atoms with Gasteiger partial charge in [-0.25, -0.2) is 0 Å². The molecule has 5 heteroatoms. The molecule has 1 amide bonds. The highest BCUT2D eigenvalue weighted by Crippen LogP contribution is 2.30. The minimum atomic E-state index is -0.196. The van der Waals surface area contributed by atoms with Crippen LogP contribution in [-0.2, 0) is 4.79 Å². The van der Waals surface area contributed by atoms with Gasteiger partial charge in [0.05, 0.1) is 13.7 Å². The van der Waals surface area contributed by atoms with E-state index in [1.807, 2.05) is 13.8 Å². The largest absolute Gasteiger partial charge is 0.493 e. The number of benzene rings is 1. The Balaban J connectivity index is 2.85. The molecule has 5 nitrogen and oxygen atoms in total. The van der Waals surface area contributed by atoms with Crippen molar-refractivity contribution in [3.8, 4) is 11.5 Å². The number of allylic oxidation sites excluding steroid dienone is 1. The molecule has 104 valence electrons. The minimum Gasteiger partial charge on any atom is -0.493 e. The summed E-state index contributed by atoms with van der Waals surface area (Å²) < 4.78 is 10.5. The fraction of sp³-hybridized carbons (Fsp3) is 0.357. The molecule has 0 fully saturated rings. The lowest BCUT2D eigenvalue weighted by molar-refractivity contribution is -0.111. The molecule has 0 saturated heterocycles. The zero-order chi connectivity index (χ0) is 14.3. The zero-order valence-corrected chi connectivity index (χ0v) is 11.4. The Morgan fingerprint density at radius 1 is 1.37 bits per heavy atom. The van der Waals surface area contributed by atoms with Gasteiger partial charge in [0.25, 0.3) is 0 Å². The summed E-state index contributed by atoms with van der Waals surface area (Å²) in [6, 6.07) is 5.08. The topological polar surface area (TPSA) is 67.8 Å². The first-order chi connectivity index (χ1) is 9.06. The summed E-state index contributed by atoms with van der Waals surface area (Å²) in [7, 11) is 1.53. The Morgan fingerprint density at radius 2 is 2.11 bits per heavy atom. The molecule has 1 aromatic carbocycles. The summed E-state index contributed by atoms with van der Waals surface area (Å²) in [6.07, 6.45) is 1.51. The molecule has 1 aromatic rings. The Labute approximate surface area is 112 Å². The molecule has 0 spiro atoms. The van der Waals surface area contributed by atoms with Crippen molar-refractivity contribution in [2.75, 3.05) is 25.6 Å². The van der Waals surface area contributed by atoms with Crippen LogP contribution in [0.3, 0.4) is 0 Å². The van der Waals surface area contributed by atoms with Gasteiger partial charge in [-0.1, -0.05) is 5.57 Å². The van der Waals surface area contributed by atoms with Gasteiger partial charge in [0.15, 0.2) is 11.5 Å². The molecule has 0 bridgehead atoms. The van der Waals surface area contributed by atoms with Crippen LogP contribution < -0.4 is 14.8 Å². The number of amides is 1. The summed E-state index contributed by atoms with van der Waals surface area (Å²) in [5, 5.41) is 11.5. The SMILES string of the molecule is COc1ccc(NC(=O)C=C(C)C)cc1OCCO. The number of methoxy groups -OCH3 is 1. The van der Waals surface area contributed by atoms with Crippen molar-refractivity contribution in [1.82, 2.24) is 0 Å². The number of aliphatic hydroxyl groups is 1. The number of hydrogen-bond donors (Lipinski definition) is 2. The number of aliphatic hydroxyl groups excluding tert-OH is 1. The molecule has 0 aromatic heterocycles. The molecule has 0 unspecified atom stereocenters. The predicted octanol–water partition coefficient (Wildman–Crippen LogP) is 1.97. The van der Waals surface area contributed by atoms with E-state index in [1.165, 1.54) is 13.2 Å². The molecule has 0 radical (unpaired) electrons. The van der Waals surface area contributed by atoms with E-state index in [4.69, 9.17) is 14.6 Å². The third-order valence-electron chi connectivity index (χ3n) is 2.20. The van der Waals surface area contributed by atoms with E-state index in [-0.39, 0.29) is 19.1 Å². The van der Waals surface area contributed by atoms with Gasteiger partial charge in [-0.3, -0.25) is 4.79 Å². The second kappa shape index (κ2) is 7.43. The molecule has 1 rings (SSSR count). The standard InChI is InChI=1S/C14H19NO4/c1-10(2)8-14(17)15-11-4-5-12(18-3)13(9-11)19-7-6-16/h4-5,8-9,16H,6-7H2,1-3H3,(H,15,17). The summed E-state index contributed by atoms with van der Waals surface area (Å²) in [6.45, 7) is 3.78. The van der Waals surface area contributed by atoms with E-state index in [1.54, 1.807) is 18.2 Å². The van der Waals surface area contributed by atoms with Gasteiger partial charge < -0.3 is 19.9 Å². The average Bonchev–Trinajstić information content (AvgIpc) is 2.35. The lowest BCUT2D eigenvalue weighted by Gasteiger charge is -2.11. The molecular weight excluding hydrogens is 246 g/mol. The van der Waals surface area contributed by atoms with Gasteiger partial charge in [-0.2, -0.15) is 0 Å². The first-order valence-electron chi connectivity index (χ1n) is 5.94. The van der Waals surface area contributed by atoms with E-state index in [0.29, 0.717) is 17.2 Å². The number of carbonyl (C=O) groups is 1. The quantitative estimate of drug-likeness (QED) is 0.772. The van der Waals surface area contributed by atoms with Crippen LogP contribution in [0.1, 0.15) is 13.8 Å². The van der Waals surface area contributed by atoms with E-state index in [0.717, 1.165) is 5.57 Å². The van der Waals surface area contributed by atoms with Crippen molar-refractivity contribution in [3.05, 3.63) is 29.8 Å². The summed E-state index contributed by atoms with van der Waals surface area (Å²) in [5.41, 5.74) is 1.53. The Hall–Kier alpha value is -2.01. The van der Waals surface area contributed by atoms with Gasteiger partial charge in [-0.15, -0.1) is 0 Å². The zero-order valence-electron chi connectivity index (χ0n) is 11.4. The smallest absolute Gasteiger partial charge is 0.248 e. The van der Waals surface area contributed by atoms with E-state index in [9.17, 15) is 4.79 Å². The van der Waals surface area contributed by atoms with Gasteiger partial charge in [0.1, 0.15) is 6.61 Å². The van der Waals surface area contributed by atoms with Crippen molar-refractivity contribution in [2.24, 2.45) is 0 Å². The molecule has 0 atom stereocenters. The first kappa shape index (κ1) is 15.0. The number of nitrogens with one attached hydrogen (secondary N) is 1. The maximum absolute atomic E-state index is 11.6. The molecular formula is C14H19NO4. The van der Waals surface area contributed by atoms with Crippen LogP contribution >= 0.6 is 0 Å². The van der Waals surface area contributed by atoms with Gasteiger partial charge in [-0.05, 0) is 26.0 Å². The van der Waals surface area contributed by atoms with Crippen molar-refractivity contribution in [2.45, 2.75) is 13.8 Å². The minimum absolute atomic E-state index is 0.0858. The Bertz CT molecular complexity index is 465. The maximum atomic E-state index is 11.6. The number of hydrogen-bond acceptors (Lipinski definition) is 4. The fourth-order valence-corrected chi connectivity index (χ4v) is 1.46. The predicted molar refractivity (Wildman–Crippen MR) is 73.6 cm³/mol. The van der Waals surface area contributed by atoms with Crippen LogP contribution in [0.25, 0.3) is 0 Å². The van der Waals surface area contributed by atoms with Crippen LogP contribution in [0.4, 0.5) is 5.69 Å². The normalized spacial score (nSPS) is 9.68.